The molecule has 0 spiro atoms. The molecule has 0 aromatic carbocycles. The van der Waals surface area contributed by atoms with Crippen molar-refractivity contribution in [1.82, 2.24) is 0 Å². The second kappa shape index (κ2) is 10.0. The summed E-state index contributed by atoms with van der Waals surface area (Å²) in [5.41, 5.74) is 0. The zero-order valence-corrected chi connectivity index (χ0v) is 12.7. The Morgan fingerprint density at radius 2 is 1.18 bits per heavy atom. The van der Waals surface area contributed by atoms with Crippen molar-refractivity contribution in [2.45, 2.75) is 97.2 Å². The lowest BCUT2D eigenvalue weighted by Crippen LogP contribution is -2.17. The maximum absolute atomic E-state index is 6.31. The molecule has 0 saturated carbocycles. The molecule has 0 aromatic rings. The predicted molar refractivity (Wildman–Crippen MR) is 80.8 cm³/mol. The van der Waals surface area contributed by atoms with Crippen molar-refractivity contribution in [2.24, 2.45) is 5.92 Å². The molecule has 0 N–H and O–H groups in total. The number of rotatable bonds is 11. The first kappa shape index (κ1) is 17.1. The first-order valence-corrected chi connectivity index (χ1v) is 7.81. The molecule has 0 unspecified atom stereocenters. The molecular weight excluding hydrogens is 203 g/mol. The second-order valence-electron chi connectivity index (χ2n) is 6.22. The van der Waals surface area contributed by atoms with Crippen molar-refractivity contribution in [3.63, 3.8) is 0 Å². The third-order valence-electron chi connectivity index (χ3n) is 3.86. The van der Waals surface area contributed by atoms with Crippen LogP contribution in [0.15, 0.2) is 0 Å². The minimum Gasteiger partial charge on any atom is -0.0688 e. The first-order chi connectivity index (χ1) is 8.02. The standard InChI is InChI=1S/C16H33B/c1-5-7-9-11-13-15(16(3,4)17)14-12-10-8-6-2/h15H,5-14H2,1-4H3. The molecule has 0 aliphatic rings. The van der Waals surface area contributed by atoms with E-state index >= 15 is 0 Å². The van der Waals surface area contributed by atoms with Crippen LogP contribution in [0, 0.1) is 5.92 Å². The molecule has 17 heavy (non-hydrogen) atoms. The Bertz CT molecular complexity index is 145. The lowest BCUT2D eigenvalue weighted by Gasteiger charge is -2.31. The highest BCUT2D eigenvalue weighted by Gasteiger charge is 2.22. The van der Waals surface area contributed by atoms with Crippen LogP contribution >= 0.6 is 0 Å². The minimum absolute atomic E-state index is 0.0123. The maximum Gasteiger partial charge on any atom is 0.0742 e. The Labute approximate surface area is 111 Å². The summed E-state index contributed by atoms with van der Waals surface area (Å²) in [5.74, 6) is 0.719. The van der Waals surface area contributed by atoms with Gasteiger partial charge in [0.1, 0.15) is 0 Å². The summed E-state index contributed by atoms with van der Waals surface area (Å²) in [6, 6.07) is 0. The van der Waals surface area contributed by atoms with E-state index in [2.05, 4.69) is 27.7 Å². The van der Waals surface area contributed by atoms with Gasteiger partial charge in [-0.05, 0) is 5.92 Å². The Morgan fingerprint density at radius 3 is 1.47 bits per heavy atom. The Balaban J connectivity index is 3.81. The molecule has 0 aromatic heterocycles. The third kappa shape index (κ3) is 9.74. The molecule has 0 aliphatic carbocycles. The van der Waals surface area contributed by atoms with Crippen LogP contribution in [0.3, 0.4) is 0 Å². The van der Waals surface area contributed by atoms with Gasteiger partial charge in [-0.25, -0.2) is 0 Å². The highest BCUT2D eigenvalue weighted by atomic mass is 14.2. The summed E-state index contributed by atoms with van der Waals surface area (Å²) in [7, 11) is 6.31. The van der Waals surface area contributed by atoms with Gasteiger partial charge in [-0.1, -0.05) is 97.2 Å². The van der Waals surface area contributed by atoms with Gasteiger partial charge in [-0.3, -0.25) is 0 Å². The molecule has 0 atom stereocenters. The van der Waals surface area contributed by atoms with E-state index in [-0.39, 0.29) is 5.31 Å². The van der Waals surface area contributed by atoms with E-state index in [9.17, 15) is 0 Å². The third-order valence-corrected chi connectivity index (χ3v) is 3.86. The molecule has 2 radical (unpaired) electrons. The molecule has 0 rings (SSSR count). The fraction of sp³-hybridized carbons (Fsp3) is 1.00. The van der Waals surface area contributed by atoms with Crippen LogP contribution in [0.4, 0.5) is 0 Å². The number of hydrogen-bond donors (Lipinski definition) is 0. The molecule has 1 heteroatoms. The van der Waals surface area contributed by atoms with E-state index in [1.807, 2.05) is 0 Å². The largest absolute Gasteiger partial charge is 0.0742 e. The Kier molecular flexibility index (Phi) is 10.1. The molecule has 0 aliphatic heterocycles. The van der Waals surface area contributed by atoms with Crippen LogP contribution in [0.5, 0.6) is 0 Å². The van der Waals surface area contributed by atoms with Gasteiger partial charge in [-0.15, -0.1) is 0 Å². The van der Waals surface area contributed by atoms with Crippen LogP contribution in [-0.2, 0) is 0 Å². The molecule has 0 heterocycles. The van der Waals surface area contributed by atoms with Gasteiger partial charge in [0.25, 0.3) is 0 Å². The highest BCUT2D eigenvalue weighted by molar-refractivity contribution is 6.14. The van der Waals surface area contributed by atoms with E-state index in [4.69, 9.17) is 7.85 Å². The van der Waals surface area contributed by atoms with Crippen LogP contribution in [0.2, 0.25) is 5.31 Å². The first-order valence-electron chi connectivity index (χ1n) is 7.81. The Morgan fingerprint density at radius 1 is 0.765 bits per heavy atom. The van der Waals surface area contributed by atoms with Gasteiger partial charge >= 0.3 is 0 Å². The second-order valence-corrected chi connectivity index (χ2v) is 6.22. The quantitative estimate of drug-likeness (QED) is 0.309. The fourth-order valence-corrected chi connectivity index (χ4v) is 2.52. The predicted octanol–water partition coefficient (Wildman–Crippen LogP) is 5.91. The smallest absolute Gasteiger partial charge is 0.0688 e. The SMILES string of the molecule is [B]C(C)(C)C(CCCCCC)CCCCCC. The van der Waals surface area contributed by atoms with Gasteiger partial charge in [0, 0.05) is 0 Å². The summed E-state index contributed by atoms with van der Waals surface area (Å²) >= 11 is 0. The van der Waals surface area contributed by atoms with Gasteiger partial charge < -0.3 is 0 Å². The molecule has 0 saturated heterocycles. The Hall–Kier alpha value is 0.0649. The van der Waals surface area contributed by atoms with Crippen LogP contribution in [-0.4, -0.2) is 7.85 Å². The summed E-state index contributed by atoms with van der Waals surface area (Å²) in [6.45, 7) is 8.96. The molecule has 0 fully saturated rings. The monoisotopic (exact) mass is 236 g/mol. The highest BCUT2D eigenvalue weighted by Crippen LogP contribution is 2.38. The van der Waals surface area contributed by atoms with Gasteiger partial charge in [0.05, 0.1) is 7.85 Å². The van der Waals surface area contributed by atoms with Crippen molar-refractivity contribution < 1.29 is 0 Å². The van der Waals surface area contributed by atoms with Gasteiger partial charge in [-0.2, -0.15) is 0 Å². The molecule has 0 bridgehead atoms. The van der Waals surface area contributed by atoms with Gasteiger partial charge in [0.2, 0.25) is 0 Å². The minimum atomic E-state index is 0.0123. The summed E-state index contributed by atoms with van der Waals surface area (Å²) in [4.78, 5) is 0. The lowest BCUT2D eigenvalue weighted by molar-refractivity contribution is 0.328. The van der Waals surface area contributed by atoms with E-state index in [0.717, 1.165) is 5.92 Å². The topological polar surface area (TPSA) is 0 Å². The zero-order chi connectivity index (χ0) is 13.1. The maximum atomic E-state index is 6.31. The molecular formula is C16H33B. The fourth-order valence-electron chi connectivity index (χ4n) is 2.52. The number of hydrogen-bond acceptors (Lipinski definition) is 0. The van der Waals surface area contributed by atoms with Crippen LogP contribution in [0.25, 0.3) is 0 Å². The lowest BCUT2D eigenvalue weighted by atomic mass is 9.61. The van der Waals surface area contributed by atoms with Crippen molar-refractivity contribution in [3.8, 4) is 0 Å². The number of unbranched alkanes of at least 4 members (excludes halogenated alkanes) is 6. The summed E-state index contributed by atoms with van der Waals surface area (Å²) in [5, 5.41) is 0.0123. The van der Waals surface area contributed by atoms with E-state index in [1.54, 1.807) is 0 Å². The van der Waals surface area contributed by atoms with Crippen molar-refractivity contribution in [2.75, 3.05) is 0 Å². The molecule has 100 valence electrons. The van der Waals surface area contributed by atoms with Crippen LogP contribution < -0.4 is 0 Å². The molecule has 0 nitrogen and oxygen atoms in total. The average molecular weight is 236 g/mol. The normalized spacial score (nSPS) is 12.3. The summed E-state index contributed by atoms with van der Waals surface area (Å²) in [6.07, 6.45) is 13.6. The summed E-state index contributed by atoms with van der Waals surface area (Å²) < 4.78 is 0. The van der Waals surface area contributed by atoms with Crippen LogP contribution in [0.1, 0.15) is 91.9 Å². The van der Waals surface area contributed by atoms with Crippen molar-refractivity contribution in [3.05, 3.63) is 0 Å². The van der Waals surface area contributed by atoms with E-state index in [1.165, 1.54) is 64.2 Å². The van der Waals surface area contributed by atoms with Crippen molar-refractivity contribution in [1.29, 1.82) is 0 Å². The van der Waals surface area contributed by atoms with Gasteiger partial charge in [0.15, 0.2) is 0 Å². The van der Waals surface area contributed by atoms with Crippen molar-refractivity contribution >= 4 is 7.85 Å². The average Bonchev–Trinajstić information content (AvgIpc) is 2.25. The molecule has 0 amide bonds. The van der Waals surface area contributed by atoms with E-state index in [0.29, 0.717) is 0 Å². The van der Waals surface area contributed by atoms with E-state index < -0.39 is 0 Å². The zero-order valence-electron chi connectivity index (χ0n) is 12.7.